The van der Waals surface area contributed by atoms with Crippen molar-refractivity contribution in [2.75, 3.05) is 6.61 Å². The van der Waals surface area contributed by atoms with Crippen LogP contribution in [0.4, 0.5) is 0 Å². The fourth-order valence-corrected chi connectivity index (χ4v) is 2.20. The van der Waals surface area contributed by atoms with E-state index in [9.17, 15) is 19.8 Å². The van der Waals surface area contributed by atoms with Crippen LogP contribution in [-0.4, -0.2) is 38.2 Å². The first-order valence-electron chi connectivity index (χ1n) is 7.12. The number of hydrogen-bond donors (Lipinski definition) is 2. The lowest BCUT2D eigenvalue weighted by Gasteiger charge is -2.10. The second-order valence-corrected chi connectivity index (χ2v) is 5.25. The lowest BCUT2D eigenvalue weighted by atomic mass is 10.1. The van der Waals surface area contributed by atoms with Crippen LogP contribution in [0.15, 0.2) is 44.9 Å². The van der Waals surface area contributed by atoms with Crippen molar-refractivity contribution in [3.8, 4) is 5.88 Å². The zero-order chi connectivity index (χ0) is 17.0. The molecule has 0 fully saturated rings. The number of rotatable bonds is 5. The van der Waals surface area contributed by atoms with Gasteiger partial charge in [0.15, 0.2) is 0 Å². The normalized spacial score (nSPS) is 12.7. The van der Waals surface area contributed by atoms with E-state index in [1.165, 1.54) is 20.3 Å². The van der Waals surface area contributed by atoms with Crippen LogP contribution in [0.25, 0.3) is 0 Å². The molecule has 0 radical (unpaired) electrons. The predicted molar refractivity (Wildman–Crippen MR) is 87.2 cm³/mol. The maximum Gasteiger partial charge on any atom is 0.333 e. The van der Waals surface area contributed by atoms with Crippen LogP contribution in [-0.2, 0) is 20.5 Å². The van der Waals surface area contributed by atoms with Crippen molar-refractivity contribution < 1.29 is 10.2 Å². The van der Waals surface area contributed by atoms with Gasteiger partial charge in [-0.25, -0.2) is 4.79 Å². The van der Waals surface area contributed by atoms with Gasteiger partial charge in [-0.1, -0.05) is 30.3 Å². The molecule has 0 amide bonds. The smallest absolute Gasteiger partial charge is 0.333 e. The molecule has 1 aromatic carbocycles. The van der Waals surface area contributed by atoms with Gasteiger partial charge >= 0.3 is 5.69 Å². The molecule has 0 unspecified atom stereocenters. The van der Waals surface area contributed by atoms with E-state index >= 15 is 0 Å². The molecule has 1 atom stereocenters. The minimum Gasteiger partial charge on any atom is -0.494 e. The summed E-state index contributed by atoms with van der Waals surface area (Å²) in [7, 11) is 2.69. The molecule has 122 valence electrons. The zero-order valence-electron chi connectivity index (χ0n) is 13.0. The largest absolute Gasteiger partial charge is 0.494 e. The Morgan fingerprint density at radius 3 is 2.43 bits per heavy atom. The van der Waals surface area contributed by atoms with E-state index in [0.717, 1.165) is 14.7 Å². The predicted octanol–water partition coefficient (Wildman–Crippen LogP) is -0.188. The summed E-state index contributed by atoms with van der Waals surface area (Å²) in [5.41, 5.74) is -0.333. The number of aromatic hydroxyl groups is 1. The Labute approximate surface area is 132 Å². The Bertz CT molecular complexity index is 822. The number of nitrogens with zero attached hydrogens (tertiary/aromatic N) is 3. The van der Waals surface area contributed by atoms with Crippen LogP contribution in [0.5, 0.6) is 5.88 Å². The van der Waals surface area contributed by atoms with E-state index in [0.29, 0.717) is 6.42 Å². The number of aliphatic hydroxyl groups is 1. The maximum atomic E-state index is 12.1. The Kier molecular flexibility index (Phi) is 5.13. The molecule has 0 aliphatic carbocycles. The summed E-state index contributed by atoms with van der Waals surface area (Å²) in [6, 6.07) is 9.07. The highest BCUT2D eigenvalue weighted by molar-refractivity contribution is 5.82. The zero-order valence-corrected chi connectivity index (χ0v) is 13.0. The van der Waals surface area contributed by atoms with Gasteiger partial charge in [-0.05, 0) is 12.0 Å². The molecule has 2 aromatic rings. The van der Waals surface area contributed by atoms with E-state index in [-0.39, 0.29) is 12.2 Å². The molecule has 0 saturated carbocycles. The Morgan fingerprint density at radius 2 is 1.83 bits per heavy atom. The summed E-state index contributed by atoms with van der Waals surface area (Å²) in [6.07, 6.45) is 1.71. The molecule has 7 heteroatoms. The maximum absolute atomic E-state index is 12.1. The molecule has 23 heavy (non-hydrogen) atoms. The first-order chi connectivity index (χ1) is 11.0. The van der Waals surface area contributed by atoms with Gasteiger partial charge in [0.1, 0.15) is 5.56 Å². The minimum absolute atomic E-state index is 0.0823. The SMILES string of the molecule is Cn1c(O)c(C=N[C@@H](CO)Cc2ccccc2)c(=O)n(C)c1=O. The molecule has 2 N–H and O–H groups in total. The average molecular weight is 317 g/mol. The van der Waals surface area contributed by atoms with E-state index in [4.69, 9.17) is 0 Å². The second-order valence-electron chi connectivity index (χ2n) is 5.25. The molecular formula is C16H19N3O4. The summed E-state index contributed by atoms with van der Waals surface area (Å²) in [4.78, 5) is 27.9. The molecule has 0 aliphatic rings. The monoisotopic (exact) mass is 317 g/mol. The molecule has 0 bridgehead atoms. The fraction of sp³-hybridized carbons (Fsp3) is 0.312. The highest BCUT2D eigenvalue weighted by atomic mass is 16.3. The van der Waals surface area contributed by atoms with Crippen LogP contribution in [0.3, 0.4) is 0 Å². The molecule has 0 spiro atoms. The van der Waals surface area contributed by atoms with Crippen LogP contribution in [0.2, 0.25) is 0 Å². The van der Waals surface area contributed by atoms with Crippen molar-refractivity contribution in [1.82, 2.24) is 9.13 Å². The van der Waals surface area contributed by atoms with Gasteiger partial charge in [0.2, 0.25) is 5.88 Å². The Balaban J connectivity index is 2.32. The van der Waals surface area contributed by atoms with E-state index in [1.807, 2.05) is 30.3 Å². The fourth-order valence-electron chi connectivity index (χ4n) is 2.20. The third-order valence-electron chi connectivity index (χ3n) is 3.61. The van der Waals surface area contributed by atoms with Crippen LogP contribution < -0.4 is 11.2 Å². The standard InChI is InChI=1S/C16H19N3O4/c1-18-14(21)13(15(22)19(2)16(18)23)9-17-12(10-20)8-11-6-4-3-5-7-11/h3-7,9,12,20-21H,8,10H2,1-2H3/t12-/m1/s1. The van der Waals surface area contributed by atoms with Gasteiger partial charge in [-0.3, -0.25) is 18.9 Å². The van der Waals surface area contributed by atoms with E-state index in [2.05, 4.69) is 4.99 Å². The third kappa shape index (κ3) is 3.57. The molecule has 1 heterocycles. The third-order valence-corrected chi connectivity index (χ3v) is 3.61. The summed E-state index contributed by atoms with van der Waals surface area (Å²) >= 11 is 0. The number of aromatic nitrogens is 2. The first-order valence-corrected chi connectivity index (χ1v) is 7.12. The van der Waals surface area contributed by atoms with Gasteiger partial charge < -0.3 is 10.2 Å². The van der Waals surface area contributed by atoms with Crippen LogP contribution >= 0.6 is 0 Å². The van der Waals surface area contributed by atoms with Gasteiger partial charge in [0, 0.05) is 20.3 Å². The van der Waals surface area contributed by atoms with Crippen molar-refractivity contribution in [3.05, 3.63) is 62.3 Å². The number of benzene rings is 1. The summed E-state index contributed by atoms with van der Waals surface area (Å²) in [5, 5.41) is 19.4. The first kappa shape index (κ1) is 16.7. The Morgan fingerprint density at radius 1 is 1.17 bits per heavy atom. The number of aliphatic imine (C=N–C) groups is 1. The molecule has 7 nitrogen and oxygen atoms in total. The van der Waals surface area contributed by atoms with Crippen molar-refractivity contribution in [1.29, 1.82) is 0 Å². The quantitative estimate of drug-likeness (QED) is 0.747. The summed E-state index contributed by atoms with van der Waals surface area (Å²) < 4.78 is 1.86. The van der Waals surface area contributed by atoms with Gasteiger partial charge in [-0.15, -0.1) is 0 Å². The van der Waals surface area contributed by atoms with Crippen LogP contribution in [0.1, 0.15) is 11.1 Å². The molecule has 1 aromatic heterocycles. The van der Waals surface area contributed by atoms with Gasteiger partial charge in [-0.2, -0.15) is 0 Å². The second kappa shape index (κ2) is 7.06. The van der Waals surface area contributed by atoms with Crippen molar-refractivity contribution >= 4 is 6.21 Å². The van der Waals surface area contributed by atoms with Crippen molar-refractivity contribution in [3.63, 3.8) is 0 Å². The number of aliphatic hydroxyl groups excluding tert-OH is 1. The molecular weight excluding hydrogens is 298 g/mol. The molecule has 2 rings (SSSR count). The highest BCUT2D eigenvalue weighted by Gasteiger charge is 2.14. The van der Waals surface area contributed by atoms with Crippen molar-refractivity contribution in [2.24, 2.45) is 19.1 Å². The lowest BCUT2D eigenvalue weighted by Crippen LogP contribution is -2.38. The van der Waals surface area contributed by atoms with Crippen LogP contribution in [0, 0.1) is 0 Å². The molecule has 0 saturated heterocycles. The van der Waals surface area contributed by atoms with E-state index in [1.54, 1.807) is 0 Å². The van der Waals surface area contributed by atoms with Crippen molar-refractivity contribution in [2.45, 2.75) is 12.5 Å². The Hall–Kier alpha value is -2.67. The lowest BCUT2D eigenvalue weighted by molar-refractivity contribution is 0.266. The summed E-state index contributed by atoms with van der Waals surface area (Å²) in [6.45, 7) is -0.196. The average Bonchev–Trinajstić information content (AvgIpc) is 2.58. The van der Waals surface area contributed by atoms with E-state index < -0.39 is 23.2 Å². The topological polar surface area (TPSA) is 96.8 Å². The number of hydrogen-bond acceptors (Lipinski definition) is 5. The van der Waals surface area contributed by atoms with Gasteiger partial charge in [0.25, 0.3) is 5.56 Å². The highest BCUT2D eigenvalue weighted by Crippen LogP contribution is 2.09. The summed E-state index contributed by atoms with van der Waals surface area (Å²) in [5.74, 6) is -0.446. The molecule has 0 aliphatic heterocycles. The van der Waals surface area contributed by atoms with Gasteiger partial charge in [0.05, 0.1) is 12.6 Å². The minimum atomic E-state index is -0.634.